The first-order chi connectivity index (χ1) is 11.1. The third kappa shape index (κ3) is 3.18. The average Bonchev–Trinajstić information content (AvgIpc) is 3.10. The molecule has 0 saturated carbocycles. The van der Waals surface area contributed by atoms with Crippen LogP contribution in [0.2, 0.25) is 0 Å². The van der Waals surface area contributed by atoms with Gasteiger partial charge < -0.3 is 5.32 Å². The average molecular weight is 309 g/mol. The van der Waals surface area contributed by atoms with Crippen LogP contribution in [0, 0.1) is 0 Å². The maximum atomic E-state index is 12.3. The first kappa shape index (κ1) is 14.7. The SMILES string of the molecule is CC(NC(=O)c1cnc(-n2cccn2)[nH]c1=O)c1ccccc1. The lowest BCUT2D eigenvalue weighted by atomic mass is 10.1. The zero-order chi connectivity index (χ0) is 16.2. The number of hydrogen-bond donors (Lipinski definition) is 2. The standard InChI is InChI=1S/C16H15N5O2/c1-11(12-6-3-2-4-7-12)19-14(22)13-10-17-16(20-15(13)23)21-9-5-8-18-21/h2-11H,1H3,(H,19,22)(H,17,20,23). The number of benzene rings is 1. The van der Waals surface area contributed by atoms with Gasteiger partial charge in [-0.3, -0.25) is 14.6 Å². The largest absolute Gasteiger partial charge is 0.345 e. The van der Waals surface area contributed by atoms with Crippen LogP contribution in [0.5, 0.6) is 0 Å². The first-order valence-electron chi connectivity index (χ1n) is 7.10. The van der Waals surface area contributed by atoms with Crippen LogP contribution in [-0.4, -0.2) is 25.7 Å². The molecule has 2 heterocycles. The molecular weight excluding hydrogens is 294 g/mol. The maximum absolute atomic E-state index is 12.3. The lowest BCUT2D eigenvalue weighted by Gasteiger charge is -2.13. The van der Waals surface area contributed by atoms with Gasteiger partial charge in [0, 0.05) is 18.6 Å². The van der Waals surface area contributed by atoms with Crippen molar-refractivity contribution < 1.29 is 4.79 Å². The van der Waals surface area contributed by atoms with Crippen molar-refractivity contribution in [2.24, 2.45) is 0 Å². The minimum Gasteiger partial charge on any atom is -0.345 e. The third-order valence-electron chi connectivity index (χ3n) is 3.40. The van der Waals surface area contributed by atoms with Crippen LogP contribution in [0.3, 0.4) is 0 Å². The normalized spacial score (nSPS) is 11.9. The topological polar surface area (TPSA) is 92.7 Å². The highest BCUT2D eigenvalue weighted by atomic mass is 16.2. The van der Waals surface area contributed by atoms with Crippen LogP contribution in [0.4, 0.5) is 0 Å². The van der Waals surface area contributed by atoms with E-state index in [1.165, 1.54) is 10.9 Å². The summed E-state index contributed by atoms with van der Waals surface area (Å²) >= 11 is 0. The van der Waals surface area contributed by atoms with E-state index in [0.717, 1.165) is 5.56 Å². The van der Waals surface area contributed by atoms with E-state index in [-0.39, 0.29) is 17.6 Å². The number of hydrogen-bond acceptors (Lipinski definition) is 4. The Bertz CT molecular complexity index is 856. The Kier molecular flexibility index (Phi) is 4.01. The molecule has 0 bridgehead atoms. The van der Waals surface area contributed by atoms with Crippen LogP contribution in [0.1, 0.15) is 28.9 Å². The number of aromatic nitrogens is 4. The van der Waals surface area contributed by atoms with Crippen molar-refractivity contribution in [1.29, 1.82) is 0 Å². The molecule has 0 aliphatic carbocycles. The number of carbonyl (C=O) groups excluding carboxylic acids is 1. The van der Waals surface area contributed by atoms with E-state index in [1.807, 2.05) is 37.3 Å². The molecule has 116 valence electrons. The van der Waals surface area contributed by atoms with E-state index in [1.54, 1.807) is 18.5 Å². The summed E-state index contributed by atoms with van der Waals surface area (Å²) in [5.41, 5.74) is 0.408. The van der Waals surface area contributed by atoms with Gasteiger partial charge >= 0.3 is 0 Å². The van der Waals surface area contributed by atoms with E-state index in [2.05, 4.69) is 20.4 Å². The third-order valence-corrected chi connectivity index (χ3v) is 3.40. The second kappa shape index (κ2) is 6.27. The number of carbonyl (C=O) groups is 1. The summed E-state index contributed by atoms with van der Waals surface area (Å²) < 4.78 is 1.41. The molecule has 3 aromatic rings. The van der Waals surface area contributed by atoms with Crippen molar-refractivity contribution >= 4 is 5.91 Å². The summed E-state index contributed by atoms with van der Waals surface area (Å²) in [6, 6.07) is 11.0. The molecule has 0 saturated heterocycles. The summed E-state index contributed by atoms with van der Waals surface area (Å²) in [5, 5.41) is 6.76. The van der Waals surface area contributed by atoms with Gasteiger partial charge in [0.05, 0.1) is 6.04 Å². The van der Waals surface area contributed by atoms with E-state index in [0.29, 0.717) is 0 Å². The van der Waals surface area contributed by atoms with Crippen molar-refractivity contribution in [2.75, 3.05) is 0 Å². The second-order valence-corrected chi connectivity index (χ2v) is 5.01. The van der Waals surface area contributed by atoms with Gasteiger partial charge in [-0.2, -0.15) is 5.10 Å². The van der Waals surface area contributed by atoms with E-state index >= 15 is 0 Å². The Labute approximate surface area is 132 Å². The van der Waals surface area contributed by atoms with Crippen molar-refractivity contribution in [3.8, 4) is 5.95 Å². The highest BCUT2D eigenvalue weighted by Crippen LogP contribution is 2.11. The molecule has 23 heavy (non-hydrogen) atoms. The molecule has 0 fully saturated rings. The number of amides is 1. The zero-order valence-electron chi connectivity index (χ0n) is 12.4. The van der Waals surface area contributed by atoms with Gasteiger partial charge in [0.2, 0.25) is 5.95 Å². The molecule has 0 aliphatic heterocycles. The lowest BCUT2D eigenvalue weighted by Crippen LogP contribution is -2.32. The first-order valence-corrected chi connectivity index (χ1v) is 7.10. The van der Waals surface area contributed by atoms with Gasteiger partial charge in [0.25, 0.3) is 11.5 Å². The Hall–Kier alpha value is -3.22. The second-order valence-electron chi connectivity index (χ2n) is 5.01. The fourth-order valence-electron chi connectivity index (χ4n) is 2.16. The smallest absolute Gasteiger partial charge is 0.265 e. The molecule has 7 heteroatoms. The van der Waals surface area contributed by atoms with Crippen LogP contribution in [0.25, 0.3) is 5.95 Å². The van der Waals surface area contributed by atoms with Crippen LogP contribution in [0.15, 0.2) is 59.8 Å². The summed E-state index contributed by atoms with van der Waals surface area (Å²) in [7, 11) is 0. The van der Waals surface area contributed by atoms with E-state index in [4.69, 9.17) is 0 Å². The molecule has 2 aromatic heterocycles. The number of nitrogens with zero attached hydrogens (tertiary/aromatic N) is 3. The van der Waals surface area contributed by atoms with Gasteiger partial charge in [0.15, 0.2) is 0 Å². The van der Waals surface area contributed by atoms with Gasteiger partial charge in [-0.15, -0.1) is 0 Å². The Morgan fingerprint density at radius 2 is 2.04 bits per heavy atom. The molecule has 2 N–H and O–H groups in total. The Morgan fingerprint density at radius 1 is 1.26 bits per heavy atom. The fraction of sp³-hybridized carbons (Fsp3) is 0.125. The summed E-state index contributed by atoms with van der Waals surface area (Å²) in [6.07, 6.45) is 4.47. The van der Waals surface area contributed by atoms with E-state index < -0.39 is 11.5 Å². The predicted molar refractivity (Wildman–Crippen MR) is 84.3 cm³/mol. The highest BCUT2D eigenvalue weighted by molar-refractivity contribution is 5.93. The summed E-state index contributed by atoms with van der Waals surface area (Å²) in [4.78, 5) is 31.0. The molecule has 1 aromatic carbocycles. The molecular formula is C16H15N5O2. The molecule has 0 radical (unpaired) electrons. The quantitative estimate of drug-likeness (QED) is 0.763. The lowest BCUT2D eigenvalue weighted by molar-refractivity contribution is 0.0938. The Balaban J connectivity index is 1.79. The molecule has 7 nitrogen and oxygen atoms in total. The van der Waals surface area contributed by atoms with Crippen molar-refractivity contribution in [3.63, 3.8) is 0 Å². The van der Waals surface area contributed by atoms with Crippen molar-refractivity contribution in [1.82, 2.24) is 25.1 Å². The Morgan fingerprint density at radius 3 is 2.70 bits per heavy atom. The van der Waals surface area contributed by atoms with Crippen molar-refractivity contribution in [3.05, 3.63) is 76.5 Å². The van der Waals surface area contributed by atoms with Gasteiger partial charge in [-0.25, -0.2) is 9.67 Å². The number of nitrogens with one attached hydrogen (secondary N) is 2. The highest BCUT2D eigenvalue weighted by Gasteiger charge is 2.15. The summed E-state index contributed by atoms with van der Waals surface area (Å²) in [6.45, 7) is 1.85. The summed E-state index contributed by atoms with van der Waals surface area (Å²) in [5.74, 6) is -0.213. The van der Waals surface area contributed by atoms with E-state index in [9.17, 15) is 9.59 Å². The van der Waals surface area contributed by atoms with Crippen molar-refractivity contribution in [2.45, 2.75) is 13.0 Å². The predicted octanol–water partition coefficient (Wildman–Crippen LogP) is 1.45. The number of aromatic amines is 1. The fourth-order valence-corrected chi connectivity index (χ4v) is 2.16. The van der Waals surface area contributed by atoms with Crippen LogP contribution < -0.4 is 10.9 Å². The van der Waals surface area contributed by atoms with Crippen LogP contribution in [-0.2, 0) is 0 Å². The number of rotatable bonds is 4. The number of H-pyrrole nitrogens is 1. The molecule has 3 rings (SSSR count). The minimum absolute atomic E-state index is 0.0383. The maximum Gasteiger partial charge on any atom is 0.265 e. The molecule has 1 amide bonds. The van der Waals surface area contributed by atoms with Gasteiger partial charge in [-0.1, -0.05) is 30.3 Å². The molecule has 0 spiro atoms. The minimum atomic E-state index is -0.511. The van der Waals surface area contributed by atoms with Gasteiger partial charge in [0.1, 0.15) is 5.56 Å². The zero-order valence-corrected chi connectivity index (χ0v) is 12.4. The monoisotopic (exact) mass is 309 g/mol. The molecule has 1 atom stereocenters. The molecule has 0 aliphatic rings. The van der Waals surface area contributed by atoms with Crippen LogP contribution >= 0.6 is 0 Å². The molecule has 1 unspecified atom stereocenters. The van der Waals surface area contributed by atoms with Gasteiger partial charge in [-0.05, 0) is 18.6 Å².